The molecule has 0 bridgehead atoms. The number of hydrogen-bond donors (Lipinski definition) is 1. The summed E-state index contributed by atoms with van der Waals surface area (Å²) < 4.78 is 0. The summed E-state index contributed by atoms with van der Waals surface area (Å²) in [6, 6.07) is 2.51. The second-order valence-electron chi connectivity index (χ2n) is 4.93. The monoisotopic (exact) mass is 293 g/mol. The number of rotatable bonds is 4. The normalized spacial score (nSPS) is 16.7. The first kappa shape index (κ1) is 15.2. The lowest BCUT2D eigenvalue weighted by atomic mass is 10.2. The topological polar surface area (TPSA) is 106 Å². The molecule has 1 fully saturated rings. The molecule has 8 heteroatoms. The van der Waals surface area contributed by atoms with Crippen LogP contribution < -0.4 is 10.6 Å². The molecule has 1 atom stereocenters. The fraction of sp³-hybridized carbons (Fsp3) is 0.538. The molecule has 1 aliphatic rings. The zero-order valence-electron chi connectivity index (χ0n) is 11.9. The van der Waals surface area contributed by atoms with Crippen LogP contribution in [-0.4, -0.2) is 52.9 Å². The minimum absolute atomic E-state index is 0.0115. The van der Waals surface area contributed by atoms with E-state index >= 15 is 0 Å². The highest BCUT2D eigenvalue weighted by molar-refractivity contribution is 5.81. The first-order valence-electron chi connectivity index (χ1n) is 6.93. The van der Waals surface area contributed by atoms with E-state index in [9.17, 15) is 14.9 Å². The first-order chi connectivity index (χ1) is 10.0. The Labute approximate surface area is 122 Å². The molecular formula is C13H19N5O3. The highest BCUT2D eigenvalue weighted by atomic mass is 16.6. The molecule has 21 heavy (non-hydrogen) atoms. The summed E-state index contributed by atoms with van der Waals surface area (Å²) in [5, 5.41) is 11.0. The van der Waals surface area contributed by atoms with Crippen molar-refractivity contribution in [1.29, 1.82) is 0 Å². The van der Waals surface area contributed by atoms with Gasteiger partial charge in [0.2, 0.25) is 11.7 Å². The summed E-state index contributed by atoms with van der Waals surface area (Å²) in [7, 11) is 0. The summed E-state index contributed by atoms with van der Waals surface area (Å²) in [4.78, 5) is 30.2. The maximum absolute atomic E-state index is 12.0. The maximum atomic E-state index is 12.0. The molecule has 0 aliphatic carbocycles. The van der Waals surface area contributed by atoms with E-state index in [0.29, 0.717) is 38.4 Å². The number of nitrogens with zero attached hydrogens (tertiary/aromatic N) is 4. The van der Waals surface area contributed by atoms with E-state index in [-0.39, 0.29) is 11.6 Å². The van der Waals surface area contributed by atoms with Gasteiger partial charge in [-0.25, -0.2) is 4.98 Å². The van der Waals surface area contributed by atoms with Gasteiger partial charge in [-0.05, 0) is 12.5 Å². The molecule has 0 spiro atoms. The Kier molecular flexibility index (Phi) is 4.69. The van der Waals surface area contributed by atoms with Gasteiger partial charge in [-0.1, -0.05) is 6.92 Å². The van der Waals surface area contributed by atoms with Crippen molar-refractivity contribution in [3.63, 3.8) is 0 Å². The lowest BCUT2D eigenvalue weighted by Crippen LogP contribution is -2.53. The Balaban J connectivity index is 2.05. The zero-order valence-corrected chi connectivity index (χ0v) is 11.9. The molecule has 1 aliphatic heterocycles. The zero-order chi connectivity index (χ0) is 15.4. The largest absolute Gasteiger partial charge is 0.347 e. The number of anilines is 1. The van der Waals surface area contributed by atoms with Gasteiger partial charge in [0.25, 0.3) is 0 Å². The van der Waals surface area contributed by atoms with E-state index < -0.39 is 11.0 Å². The van der Waals surface area contributed by atoms with Gasteiger partial charge in [0.15, 0.2) is 0 Å². The van der Waals surface area contributed by atoms with E-state index in [1.54, 1.807) is 11.0 Å². The van der Waals surface area contributed by atoms with Gasteiger partial charge >= 0.3 is 5.69 Å². The number of piperazine rings is 1. The summed E-state index contributed by atoms with van der Waals surface area (Å²) in [5.41, 5.74) is 5.74. The molecule has 1 amide bonds. The van der Waals surface area contributed by atoms with Gasteiger partial charge in [-0.2, -0.15) is 0 Å². The Hall–Kier alpha value is -2.22. The average molecular weight is 293 g/mol. The number of aromatic nitrogens is 1. The van der Waals surface area contributed by atoms with Crippen LogP contribution in [0.1, 0.15) is 13.3 Å². The Morgan fingerprint density at radius 1 is 1.48 bits per heavy atom. The smallest absolute Gasteiger partial charge is 0.311 e. The highest BCUT2D eigenvalue weighted by Crippen LogP contribution is 2.25. The second kappa shape index (κ2) is 6.49. The SMILES string of the molecule is CCC(N)C(=O)N1CCN(c2ncccc2[N+](=O)[O-])CC1. The lowest BCUT2D eigenvalue weighted by molar-refractivity contribution is -0.384. The molecule has 2 rings (SSSR count). The van der Waals surface area contributed by atoms with Crippen LogP contribution in [0.2, 0.25) is 0 Å². The second-order valence-corrected chi connectivity index (χ2v) is 4.93. The first-order valence-corrected chi connectivity index (χ1v) is 6.93. The van der Waals surface area contributed by atoms with Gasteiger partial charge in [0, 0.05) is 38.4 Å². The predicted octanol–water partition coefficient (Wildman–Crippen LogP) is 0.376. The molecule has 114 valence electrons. The van der Waals surface area contributed by atoms with E-state index in [0.717, 1.165) is 0 Å². The molecule has 1 unspecified atom stereocenters. The number of nitrogens with two attached hydrogens (primary N) is 1. The third-order valence-corrected chi connectivity index (χ3v) is 3.61. The maximum Gasteiger partial charge on any atom is 0.311 e. The van der Waals surface area contributed by atoms with Crippen LogP contribution in [0.15, 0.2) is 18.3 Å². The van der Waals surface area contributed by atoms with Crippen molar-refractivity contribution in [2.45, 2.75) is 19.4 Å². The van der Waals surface area contributed by atoms with Crippen molar-refractivity contribution >= 4 is 17.4 Å². The van der Waals surface area contributed by atoms with Crippen molar-refractivity contribution in [2.75, 3.05) is 31.1 Å². The standard InChI is InChI=1S/C13H19N5O3/c1-2-10(14)13(19)17-8-6-16(7-9-17)12-11(18(20)21)4-3-5-15-12/h3-5,10H,2,6-9,14H2,1H3. The van der Waals surface area contributed by atoms with Crippen molar-refractivity contribution in [3.05, 3.63) is 28.4 Å². The molecule has 2 heterocycles. The van der Waals surface area contributed by atoms with Crippen LogP contribution >= 0.6 is 0 Å². The van der Waals surface area contributed by atoms with Crippen LogP contribution in [0.3, 0.4) is 0 Å². The van der Waals surface area contributed by atoms with E-state index in [4.69, 9.17) is 5.73 Å². The van der Waals surface area contributed by atoms with E-state index in [1.807, 2.05) is 11.8 Å². The molecule has 1 aromatic heterocycles. The number of hydrogen-bond acceptors (Lipinski definition) is 6. The highest BCUT2D eigenvalue weighted by Gasteiger charge is 2.28. The Morgan fingerprint density at radius 3 is 2.71 bits per heavy atom. The van der Waals surface area contributed by atoms with Crippen LogP contribution in [0.5, 0.6) is 0 Å². The van der Waals surface area contributed by atoms with Crippen LogP contribution in [0.25, 0.3) is 0 Å². The van der Waals surface area contributed by atoms with Crippen LogP contribution in [-0.2, 0) is 4.79 Å². The van der Waals surface area contributed by atoms with Crippen LogP contribution in [0, 0.1) is 10.1 Å². The van der Waals surface area contributed by atoms with E-state index in [1.165, 1.54) is 12.3 Å². The van der Waals surface area contributed by atoms with E-state index in [2.05, 4.69) is 4.98 Å². The van der Waals surface area contributed by atoms with Gasteiger partial charge < -0.3 is 15.5 Å². The fourth-order valence-electron chi connectivity index (χ4n) is 2.32. The molecule has 8 nitrogen and oxygen atoms in total. The van der Waals surface area contributed by atoms with Crippen molar-refractivity contribution in [3.8, 4) is 0 Å². The Morgan fingerprint density at radius 2 is 2.14 bits per heavy atom. The number of nitro groups is 1. The van der Waals surface area contributed by atoms with Gasteiger partial charge in [-0.3, -0.25) is 14.9 Å². The van der Waals surface area contributed by atoms with Crippen molar-refractivity contribution in [2.24, 2.45) is 5.73 Å². The minimum atomic E-state index is -0.472. The minimum Gasteiger partial charge on any atom is -0.347 e. The molecular weight excluding hydrogens is 274 g/mol. The number of pyridine rings is 1. The summed E-state index contributed by atoms with van der Waals surface area (Å²) in [6.45, 7) is 3.90. The summed E-state index contributed by atoms with van der Waals surface area (Å²) in [6.07, 6.45) is 2.14. The average Bonchev–Trinajstić information content (AvgIpc) is 2.53. The fourth-order valence-corrected chi connectivity index (χ4v) is 2.32. The third kappa shape index (κ3) is 3.27. The molecule has 1 saturated heterocycles. The number of amides is 1. The van der Waals surface area contributed by atoms with Crippen molar-refractivity contribution in [1.82, 2.24) is 9.88 Å². The molecule has 2 N–H and O–H groups in total. The molecule has 0 radical (unpaired) electrons. The molecule has 0 aromatic carbocycles. The lowest BCUT2D eigenvalue weighted by Gasteiger charge is -2.36. The third-order valence-electron chi connectivity index (χ3n) is 3.61. The Bertz CT molecular complexity index is 528. The van der Waals surface area contributed by atoms with Gasteiger partial charge in [-0.15, -0.1) is 0 Å². The predicted molar refractivity (Wildman–Crippen MR) is 78.0 cm³/mol. The molecule has 1 aromatic rings. The number of carbonyl (C=O) groups is 1. The summed E-state index contributed by atoms with van der Waals surface area (Å²) >= 11 is 0. The van der Waals surface area contributed by atoms with Gasteiger partial charge in [0.05, 0.1) is 11.0 Å². The van der Waals surface area contributed by atoms with Crippen LogP contribution in [0.4, 0.5) is 11.5 Å². The summed E-state index contributed by atoms with van der Waals surface area (Å²) in [5.74, 6) is 0.294. The van der Waals surface area contributed by atoms with Gasteiger partial charge in [0.1, 0.15) is 0 Å². The number of carbonyl (C=O) groups excluding carboxylic acids is 1. The van der Waals surface area contributed by atoms with Crippen molar-refractivity contribution < 1.29 is 9.72 Å². The molecule has 0 saturated carbocycles. The quantitative estimate of drug-likeness (QED) is 0.635.